The second kappa shape index (κ2) is 1.25. The Labute approximate surface area is 41.1 Å². The second-order valence-corrected chi connectivity index (χ2v) is 1.03. The zero-order chi connectivity index (χ0) is 5.28. The van der Waals surface area contributed by atoms with Crippen molar-refractivity contribution in [2.75, 3.05) is 5.73 Å². The van der Waals surface area contributed by atoms with Crippen molar-refractivity contribution >= 4 is 19.3 Å². The topological polar surface area (TPSA) is 64.9 Å². The van der Waals surface area contributed by atoms with Crippen LogP contribution in [0, 0.1) is 0 Å². The van der Waals surface area contributed by atoms with E-state index in [9.17, 15) is 0 Å². The maximum atomic E-state index is 5.05. The third kappa shape index (κ3) is 0.557. The van der Waals surface area contributed by atoms with Crippen LogP contribution in [0.3, 0.4) is 0 Å². The van der Waals surface area contributed by atoms with Crippen LogP contribution in [0.1, 0.15) is 0 Å². The van der Waals surface area contributed by atoms with Crippen LogP contribution < -0.4 is 11.3 Å². The number of nitrogen functional groups attached to an aromatic ring is 1. The molecule has 7 heavy (non-hydrogen) atoms. The molecule has 5 heteroatoms. The van der Waals surface area contributed by atoms with Crippen molar-refractivity contribution in [1.82, 2.24) is 10.3 Å². The van der Waals surface area contributed by atoms with Crippen molar-refractivity contribution in [3.8, 4) is 0 Å². The molecule has 0 atom stereocenters. The number of nitrogens with two attached hydrogens (primary N) is 1. The fourth-order valence-electron chi connectivity index (χ4n) is 0.202. The molecule has 0 aromatic carbocycles. The predicted octanol–water partition coefficient (Wildman–Crippen LogP) is -1.55. The molecule has 0 spiro atoms. The van der Waals surface area contributed by atoms with Crippen molar-refractivity contribution in [2.45, 2.75) is 0 Å². The van der Waals surface area contributed by atoms with Gasteiger partial charge in [-0.05, 0) is 5.16 Å². The summed E-state index contributed by atoms with van der Waals surface area (Å²) in [6.07, 6.45) is 0. The van der Waals surface area contributed by atoms with Crippen molar-refractivity contribution in [2.24, 2.45) is 0 Å². The summed E-state index contributed by atoms with van der Waals surface area (Å²) in [5.74, 6) is 0.139. The predicted molar refractivity (Wildman–Crippen MR) is 24.1 cm³/mol. The average molecular weight is 94.9 g/mol. The summed E-state index contributed by atoms with van der Waals surface area (Å²) in [6.45, 7) is 0. The van der Waals surface area contributed by atoms with Crippen molar-refractivity contribution in [3.05, 3.63) is 0 Å². The van der Waals surface area contributed by atoms with E-state index < -0.39 is 0 Å². The van der Waals surface area contributed by atoms with Crippen molar-refractivity contribution in [3.63, 3.8) is 0 Å². The van der Waals surface area contributed by atoms with Crippen LogP contribution in [0.4, 0.5) is 5.82 Å². The van der Waals surface area contributed by atoms with Crippen molar-refractivity contribution in [1.29, 1.82) is 0 Å². The zero-order valence-corrected chi connectivity index (χ0v) is 3.46. The fraction of sp³-hybridized carbons (Fsp3) is 0. The van der Waals surface area contributed by atoms with Gasteiger partial charge in [-0.1, -0.05) is 5.16 Å². The van der Waals surface area contributed by atoms with Gasteiger partial charge in [0, 0.05) is 0 Å². The standard InChI is InChI=1S/C2H2BN3O/c3-1-2(4)6-7-5-1/h(H2,4,6). The van der Waals surface area contributed by atoms with Gasteiger partial charge in [0.2, 0.25) is 0 Å². The van der Waals surface area contributed by atoms with Crippen LogP contribution in [0.2, 0.25) is 0 Å². The van der Waals surface area contributed by atoms with Crippen LogP contribution in [-0.2, 0) is 0 Å². The molecule has 0 unspecified atom stereocenters. The van der Waals surface area contributed by atoms with Gasteiger partial charge in [-0.15, -0.1) is 0 Å². The third-order valence-corrected chi connectivity index (χ3v) is 0.541. The van der Waals surface area contributed by atoms with Gasteiger partial charge in [0.1, 0.15) is 0 Å². The maximum Gasteiger partial charge on any atom is 0.180 e. The lowest BCUT2D eigenvalue weighted by Crippen LogP contribution is -2.08. The lowest BCUT2D eigenvalue weighted by Gasteiger charge is -1.73. The van der Waals surface area contributed by atoms with E-state index in [-0.39, 0.29) is 11.4 Å². The molecule has 1 aromatic heterocycles. The Morgan fingerprint density at radius 1 is 1.57 bits per heavy atom. The third-order valence-electron chi connectivity index (χ3n) is 0.541. The Bertz CT molecular complexity index is 145. The first-order valence-electron chi connectivity index (χ1n) is 1.64. The molecule has 34 valence electrons. The summed E-state index contributed by atoms with van der Waals surface area (Å²) < 4.78 is 4.09. The molecule has 0 aliphatic carbocycles. The molecule has 0 aliphatic heterocycles. The SMILES string of the molecule is [B]c1nonc1N. The lowest BCUT2D eigenvalue weighted by molar-refractivity contribution is 0.312. The Balaban J connectivity index is 3.12. The Morgan fingerprint density at radius 2 is 2.29 bits per heavy atom. The number of hydrogen-bond donors (Lipinski definition) is 1. The summed E-state index contributed by atoms with van der Waals surface area (Å²) in [7, 11) is 5.05. The molecule has 1 rings (SSSR count). The number of anilines is 1. The molecule has 2 radical (unpaired) electrons. The van der Waals surface area contributed by atoms with Gasteiger partial charge < -0.3 is 5.73 Å². The summed E-state index contributed by atoms with van der Waals surface area (Å²) in [5.41, 5.74) is 5.19. The van der Waals surface area contributed by atoms with Gasteiger partial charge in [0.05, 0.1) is 5.59 Å². The van der Waals surface area contributed by atoms with Crippen LogP contribution >= 0.6 is 0 Å². The molecule has 0 saturated heterocycles. The van der Waals surface area contributed by atoms with E-state index >= 15 is 0 Å². The van der Waals surface area contributed by atoms with E-state index in [1.807, 2.05) is 0 Å². The first-order chi connectivity index (χ1) is 3.30. The van der Waals surface area contributed by atoms with Crippen LogP contribution in [0.15, 0.2) is 4.63 Å². The number of hydrogen-bond acceptors (Lipinski definition) is 4. The highest BCUT2D eigenvalue weighted by Crippen LogP contribution is 1.80. The summed E-state index contributed by atoms with van der Waals surface area (Å²) in [4.78, 5) is 0. The minimum absolute atomic E-state index is 0.139. The molecule has 0 saturated carbocycles. The van der Waals surface area contributed by atoms with E-state index in [0.717, 1.165) is 0 Å². The minimum atomic E-state index is 0.139. The molecule has 1 aromatic rings. The smallest absolute Gasteiger partial charge is 0.180 e. The first-order valence-corrected chi connectivity index (χ1v) is 1.64. The van der Waals surface area contributed by atoms with Crippen LogP contribution in [0.5, 0.6) is 0 Å². The summed E-state index contributed by atoms with van der Waals surface area (Å²) in [6, 6.07) is 0. The number of rotatable bonds is 0. The zero-order valence-electron chi connectivity index (χ0n) is 3.46. The Hall–Kier alpha value is -0.995. The largest absolute Gasteiger partial charge is 0.380 e. The molecular formula is C2H2BN3O. The number of aromatic nitrogens is 2. The molecule has 0 amide bonds. The molecule has 1 heterocycles. The maximum absolute atomic E-state index is 5.05. The van der Waals surface area contributed by atoms with Crippen LogP contribution in [0.25, 0.3) is 0 Å². The van der Waals surface area contributed by atoms with Gasteiger partial charge in [0.15, 0.2) is 13.7 Å². The Morgan fingerprint density at radius 3 is 2.43 bits per heavy atom. The van der Waals surface area contributed by atoms with E-state index in [4.69, 9.17) is 13.6 Å². The molecule has 0 aliphatic rings. The lowest BCUT2D eigenvalue weighted by atomic mass is 10.1. The van der Waals surface area contributed by atoms with Crippen LogP contribution in [-0.4, -0.2) is 18.2 Å². The van der Waals surface area contributed by atoms with E-state index in [1.165, 1.54) is 0 Å². The first kappa shape index (κ1) is 4.17. The normalized spacial score (nSPS) is 9.14. The van der Waals surface area contributed by atoms with Gasteiger partial charge in [-0.25, -0.2) is 4.63 Å². The van der Waals surface area contributed by atoms with E-state index in [2.05, 4.69) is 14.9 Å². The quantitative estimate of drug-likeness (QED) is 0.396. The van der Waals surface area contributed by atoms with Gasteiger partial charge >= 0.3 is 0 Å². The number of nitrogens with zero attached hydrogens (tertiary/aromatic N) is 2. The summed E-state index contributed by atoms with van der Waals surface area (Å²) in [5, 5.41) is 6.37. The Kier molecular flexibility index (Phi) is 0.747. The molecule has 0 bridgehead atoms. The molecule has 0 fully saturated rings. The van der Waals surface area contributed by atoms with Crippen molar-refractivity contribution < 1.29 is 4.63 Å². The highest BCUT2D eigenvalue weighted by molar-refractivity contribution is 6.33. The monoisotopic (exact) mass is 95.0 g/mol. The second-order valence-electron chi connectivity index (χ2n) is 1.03. The minimum Gasteiger partial charge on any atom is -0.380 e. The van der Waals surface area contributed by atoms with Gasteiger partial charge in [-0.2, -0.15) is 0 Å². The van der Waals surface area contributed by atoms with Gasteiger partial charge in [-0.3, -0.25) is 0 Å². The van der Waals surface area contributed by atoms with E-state index in [1.54, 1.807) is 0 Å². The van der Waals surface area contributed by atoms with E-state index in [0.29, 0.717) is 0 Å². The molecule has 2 N–H and O–H groups in total. The fourth-order valence-corrected chi connectivity index (χ4v) is 0.202. The van der Waals surface area contributed by atoms with Gasteiger partial charge in [0.25, 0.3) is 0 Å². The highest BCUT2D eigenvalue weighted by Gasteiger charge is 1.93. The molecular weight excluding hydrogens is 92.9 g/mol. The average Bonchev–Trinajstić information content (AvgIpc) is 1.91. The highest BCUT2D eigenvalue weighted by atomic mass is 16.6. The summed E-state index contributed by atoms with van der Waals surface area (Å²) >= 11 is 0. The molecule has 4 nitrogen and oxygen atoms in total.